The number of nitrogens with zero attached hydrogens (tertiary/aromatic N) is 1. The van der Waals surface area contributed by atoms with E-state index < -0.39 is 0 Å². The molecule has 0 spiro atoms. The van der Waals surface area contributed by atoms with Crippen molar-refractivity contribution in [3.63, 3.8) is 0 Å². The molecule has 1 aliphatic heterocycles. The molecular weight excluding hydrogens is 208 g/mol. The summed E-state index contributed by atoms with van der Waals surface area (Å²) in [7, 11) is 0. The summed E-state index contributed by atoms with van der Waals surface area (Å²) in [5.74, 6) is 1.98. The fourth-order valence-electron chi connectivity index (χ4n) is 3.12. The SMILES string of the molecule is CC(C)=CCN1CC(C2CC2)NCC1C1CC1. The molecule has 96 valence electrons. The standard InChI is InChI=1S/C15H26N2/c1-11(2)7-8-17-10-14(12-3-4-12)16-9-15(17)13-5-6-13/h7,12-16H,3-6,8-10H2,1-2H3. The van der Waals surface area contributed by atoms with Crippen LogP contribution in [0.4, 0.5) is 0 Å². The summed E-state index contributed by atoms with van der Waals surface area (Å²) >= 11 is 0. The highest BCUT2D eigenvalue weighted by Gasteiger charge is 2.41. The van der Waals surface area contributed by atoms with E-state index in [0.29, 0.717) is 0 Å². The first-order valence-electron chi connectivity index (χ1n) is 7.35. The molecule has 0 radical (unpaired) electrons. The molecule has 3 rings (SSSR count). The Hall–Kier alpha value is -0.340. The quantitative estimate of drug-likeness (QED) is 0.752. The van der Waals surface area contributed by atoms with Crippen molar-refractivity contribution in [1.29, 1.82) is 0 Å². The van der Waals surface area contributed by atoms with Crippen molar-refractivity contribution >= 4 is 0 Å². The number of nitrogens with one attached hydrogen (secondary N) is 1. The first-order chi connectivity index (χ1) is 8.24. The minimum Gasteiger partial charge on any atom is -0.311 e. The lowest BCUT2D eigenvalue weighted by Gasteiger charge is -2.40. The largest absolute Gasteiger partial charge is 0.311 e. The Morgan fingerprint density at radius 3 is 2.47 bits per heavy atom. The zero-order chi connectivity index (χ0) is 11.8. The van der Waals surface area contributed by atoms with Gasteiger partial charge in [-0.15, -0.1) is 0 Å². The molecule has 2 nitrogen and oxygen atoms in total. The van der Waals surface area contributed by atoms with Crippen molar-refractivity contribution < 1.29 is 0 Å². The van der Waals surface area contributed by atoms with E-state index in [1.807, 2.05) is 0 Å². The van der Waals surface area contributed by atoms with Crippen molar-refractivity contribution in [2.75, 3.05) is 19.6 Å². The van der Waals surface area contributed by atoms with Gasteiger partial charge < -0.3 is 5.32 Å². The zero-order valence-corrected chi connectivity index (χ0v) is 11.3. The number of allylic oxidation sites excluding steroid dienone is 1. The van der Waals surface area contributed by atoms with Gasteiger partial charge in [0.25, 0.3) is 0 Å². The van der Waals surface area contributed by atoms with Crippen molar-refractivity contribution in [2.45, 2.75) is 51.6 Å². The third-order valence-corrected chi connectivity index (χ3v) is 4.58. The molecule has 0 aromatic rings. The topological polar surface area (TPSA) is 15.3 Å². The Morgan fingerprint density at radius 2 is 1.88 bits per heavy atom. The Kier molecular flexibility index (Phi) is 3.27. The molecule has 2 aliphatic carbocycles. The summed E-state index contributed by atoms with van der Waals surface area (Å²) in [5, 5.41) is 3.81. The molecule has 2 saturated carbocycles. The fraction of sp³-hybridized carbons (Fsp3) is 0.867. The van der Waals surface area contributed by atoms with Crippen LogP contribution in [-0.2, 0) is 0 Å². The van der Waals surface area contributed by atoms with Crippen LogP contribution in [0.5, 0.6) is 0 Å². The maximum absolute atomic E-state index is 3.81. The maximum atomic E-state index is 3.81. The van der Waals surface area contributed by atoms with Crippen LogP contribution in [0, 0.1) is 11.8 Å². The molecule has 3 aliphatic rings. The Labute approximate surface area is 105 Å². The van der Waals surface area contributed by atoms with Gasteiger partial charge in [0.05, 0.1) is 0 Å². The van der Waals surface area contributed by atoms with Crippen LogP contribution in [0.25, 0.3) is 0 Å². The predicted molar refractivity (Wildman–Crippen MR) is 72.0 cm³/mol. The Morgan fingerprint density at radius 1 is 1.18 bits per heavy atom. The highest BCUT2D eigenvalue weighted by Crippen LogP contribution is 2.39. The van der Waals surface area contributed by atoms with Crippen LogP contribution >= 0.6 is 0 Å². The van der Waals surface area contributed by atoms with Crippen LogP contribution in [0.1, 0.15) is 39.5 Å². The van der Waals surface area contributed by atoms with E-state index in [2.05, 4.69) is 30.1 Å². The smallest absolute Gasteiger partial charge is 0.0252 e. The van der Waals surface area contributed by atoms with Crippen LogP contribution in [-0.4, -0.2) is 36.6 Å². The van der Waals surface area contributed by atoms with E-state index in [1.165, 1.54) is 50.9 Å². The monoisotopic (exact) mass is 234 g/mol. The van der Waals surface area contributed by atoms with Gasteiger partial charge in [-0.25, -0.2) is 0 Å². The molecule has 1 heterocycles. The van der Waals surface area contributed by atoms with Crippen molar-refractivity contribution in [2.24, 2.45) is 11.8 Å². The van der Waals surface area contributed by atoms with E-state index in [-0.39, 0.29) is 0 Å². The summed E-state index contributed by atoms with van der Waals surface area (Å²) in [4.78, 5) is 2.75. The molecule has 0 aromatic carbocycles. The summed E-state index contributed by atoms with van der Waals surface area (Å²) in [6, 6.07) is 1.61. The van der Waals surface area contributed by atoms with Gasteiger partial charge in [-0.05, 0) is 51.4 Å². The molecule has 2 heteroatoms. The van der Waals surface area contributed by atoms with Crippen molar-refractivity contribution in [3.05, 3.63) is 11.6 Å². The highest BCUT2D eigenvalue weighted by molar-refractivity contribution is 5.03. The van der Waals surface area contributed by atoms with Gasteiger partial charge in [0.2, 0.25) is 0 Å². The second-order valence-electron chi connectivity index (χ2n) is 6.49. The molecule has 1 N–H and O–H groups in total. The van der Waals surface area contributed by atoms with Crippen LogP contribution in [0.15, 0.2) is 11.6 Å². The molecule has 2 atom stereocenters. The first kappa shape index (κ1) is 11.7. The van der Waals surface area contributed by atoms with Gasteiger partial charge in [-0.1, -0.05) is 11.6 Å². The lowest BCUT2D eigenvalue weighted by Crippen LogP contribution is -2.58. The number of hydrogen-bond acceptors (Lipinski definition) is 2. The van der Waals surface area contributed by atoms with E-state index in [1.54, 1.807) is 0 Å². The van der Waals surface area contributed by atoms with Crippen molar-refractivity contribution in [1.82, 2.24) is 10.2 Å². The third kappa shape index (κ3) is 2.92. The molecule has 1 saturated heterocycles. The number of piperazine rings is 1. The van der Waals surface area contributed by atoms with Gasteiger partial charge in [0.15, 0.2) is 0 Å². The molecule has 0 bridgehead atoms. The lowest BCUT2D eigenvalue weighted by molar-refractivity contribution is 0.121. The van der Waals surface area contributed by atoms with Crippen LogP contribution in [0.3, 0.4) is 0 Å². The average molecular weight is 234 g/mol. The van der Waals surface area contributed by atoms with Gasteiger partial charge in [-0.2, -0.15) is 0 Å². The van der Waals surface area contributed by atoms with Crippen LogP contribution in [0.2, 0.25) is 0 Å². The van der Waals surface area contributed by atoms with E-state index >= 15 is 0 Å². The minimum absolute atomic E-state index is 0.788. The normalized spacial score (nSPS) is 34.7. The first-order valence-corrected chi connectivity index (χ1v) is 7.35. The lowest BCUT2D eigenvalue weighted by atomic mass is 10.0. The van der Waals surface area contributed by atoms with E-state index in [0.717, 1.165) is 23.9 Å². The highest BCUT2D eigenvalue weighted by atomic mass is 15.2. The molecular formula is C15H26N2. The zero-order valence-electron chi connectivity index (χ0n) is 11.3. The number of hydrogen-bond donors (Lipinski definition) is 1. The second-order valence-corrected chi connectivity index (χ2v) is 6.49. The minimum atomic E-state index is 0.788. The second kappa shape index (κ2) is 4.74. The molecule has 3 fully saturated rings. The molecule has 0 aromatic heterocycles. The summed E-state index contributed by atoms with van der Waals surface area (Å²) < 4.78 is 0. The molecule has 17 heavy (non-hydrogen) atoms. The van der Waals surface area contributed by atoms with Crippen molar-refractivity contribution in [3.8, 4) is 0 Å². The Balaban J connectivity index is 1.62. The van der Waals surface area contributed by atoms with Gasteiger partial charge in [0, 0.05) is 31.7 Å². The maximum Gasteiger partial charge on any atom is 0.0252 e. The van der Waals surface area contributed by atoms with Crippen LogP contribution < -0.4 is 5.32 Å². The summed E-state index contributed by atoms with van der Waals surface area (Å²) in [6.45, 7) is 8.13. The van der Waals surface area contributed by atoms with E-state index in [4.69, 9.17) is 0 Å². The Bertz CT molecular complexity index is 298. The molecule has 0 amide bonds. The van der Waals surface area contributed by atoms with Gasteiger partial charge >= 0.3 is 0 Å². The average Bonchev–Trinajstić information content (AvgIpc) is 3.18. The van der Waals surface area contributed by atoms with E-state index in [9.17, 15) is 0 Å². The fourth-order valence-corrected chi connectivity index (χ4v) is 3.12. The third-order valence-electron chi connectivity index (χ3n) is 4.58. The number of rotatable bonds is 4. The summed E-state index contributed by atoms with van der Waals surface area (Å²) in [5.41, 5.74) is 1.46. The van der Waals surface area contributed by atoms with Gasteiger partial charge in [-0.3, -0.25) is 4.90 Å². The summed E-state index contributed by atoms with van der Waals surface area (Å²) in [6.07, 6.45) is 8.26. The predicted octanol–water partition coefficient (Wildman–Crippen LogP) is 2.42. The molecule has 2 unspecified atom stereocenters. The van der Waals surface area contributed by atoms with Gasteiger partial charge in [0.1, 0.15) is 0 Å².